The van der Waals surface area contributed by atoms with E-state index in [1.807, 2.05) is 20.8 Å². The van der Waals surface area contributed by atoms with Gasteiger partial charge in [0.15, 0.2) is 0 Å². The van der Waals surface area contributed by atoms with Crippen LogP contribution in [0.3, 0.4) is 0 Å². The number of carbonyl (C=O) groups is 2. The molecule has 2 atom stereocenters. The molecule has 6 nitrogen and oxygen atoms in total. The highest BCUT2D eigenvalue weighted by atomic mass is 35.5. The summed E-state index contributed by atoms with van der Waals surface area (Å²) in [5.74, 6) is -3.24. The predicted molar refractivity (Wildman–Crippen MR) is 152 cm³/mol. The van der Waals surface area contributed by atoms with Crippen LogP contribution in [0.25, 0.3) is 5.57 Å². The Labute approximate surface area is 246 Å². The molecule has 2 aliphatic heterocycles. The van der Waals surface area contributed by atoms with Crippen LogP contribution >= 0.6 is 23.2 Å². The number of benzene rings is 3. The number of aromatic carboxylic acids is 1. The van der Waals surface area contributed by atoms with Crippen molar-refractivity contribution in [3.63, 3.8) is 0 Å². The smallest absolute Gasteiger partial charge is 0.335 e. The molecule has 1 N–H and O–H groups in total. The van der Waals surface area contributed by atoms with Crippen molar-refractivity contribution >= 4 is 46.3 Å². The Morgan fingerprint density at radius 1 is 1.12 bits per heavy atom. The van der Waals surface area contributed by atoms with E-state index in [1.54, 1.807) is 4.90 Å². The number of amides is 1. The van der Waals surface area contributed by atoms with Crippen LogP contribution in [0.4, 0.5) is 14.5 Å². The lowest BCUT2D eigenvalue weighted by Gasteiger charge is -2.40. The van der Waals surface area contributed by atoms with Crippen molar-refractivity contribution in [3.8, 4) is 6.07 Å². The Bertz CT molecular complexity index is 1660. The summed E-state index contributed by atoms with van der Waals surface area (Å²) in [4.78, 5) is 28.7. The number of carboxylic acid groups (broad SMARTS) is 1. The number of rotatable bonds is 5. The van der Waals surface area contributed by atoms with E-state index >= 15 is 8.78 Å². The zero-order chi connectivity index (χ0) is 29.9. The summed E-state index contributed by atoms with van der Waals surface area (Å²) >= 11 is 12.3. The number of carboxylic acids is 1. The number of hydrogen-bond acceptors (Lipinski definition) is 4. The van der Waals surface area contributed by atoms with E-state index in [0.717, 1.165) is 6.07 Å². The van der Waals surface area contributed by atoms with Gasteiger partial charge in [0.05, 0.1) is 29.4 Å². The number of nitrogens with zero attached hydrogens (tertiary/aromatic N) is 3. The Balaban J connectivity index is 1.83. The maximum Gasteiger partial charge on any atom is 0.335 e. The first-order valence-electron chi connectivity index (χ1n) is 12.8. The molecule has 0 spiro atoms. The molecule has 1 saturated heterocycles. The molecule has 1 amide bonds. The van der Waals surface area contributed by atoms with Crippen molar-refractivity contribution in [2.75, 3.05) is 11.6 Å². The summed E-state index contributed by atoms with van der Waals surface area (Å²) in [5, 5.41) is 20.2. The Kier molecular flexibility index (Phi) is 7.09. The lowest BCUT2D eigenvalue weighted by Crippen LogP contribution is -2.47. The van der Waals surface area contributed by atoms with E-state index in [-0.39, 0.29) is 44.7 Å². The molecular formula is C31H25Cl2F2N3O3. The maximum absolute atomic E-state index is 15.8. The highest BCUT2D eigenvalue weighted by Gasteiger charge is 2.61. The Hall–Kier alpha value is -3.93. The molecule has 3 aromatic rings. The van der Waals surface area contributed by atoms with Gasteiger partial charge in [-0.1, -0.05) is 62.2 Å². The molecule has 0 saturated carbocycles. The van der Waals surface area contributed by atoms with Crippen LogP contribution < -0.4 is 4.90 Å². The van der Waals surface area contributed by atoms with Crippen LogP contribution in [-0.2, 0) is 10.2 Å². The van der Waals surface area contributed by atoms with Crippen LogP contribution in [0, 0.1) is 28.4 Å². The normalized spacial score (nSPS) is 20.4. The fraction of sp³-hybridized carbons (Fsp3) is 0.258. The first kappa shape index (κ1) is 28.6. The average Bonchev–Trinajstić information content (AvgIpc) is 3.37. The molecule has 0 bridgehead atoms. The fourth-order valence-electron chi connectivity index (χ4n) is 5.81. The zero-order valence-electron chi connectivity index (χ0n) is 22.4. The summed E-state index contributed by atoms with van der Waals surface area (Å²) in [6.07, 6.45) is 0.330. The molecule has 210 valence electrons. The summed E-state index contributed by atoms with van der Waals surface area (Å²) < 4.78 is 31.6. The zero-order valence-corrected chi connectivity index (χ0v) is 23.9. The first-order chi connectivity index (χ1) is 19.3. The largest absolute Gasteiger partial charge is 0.478 e. The highest BCUT2D eigenvalue weighted by molar-refractivity contribution is 6.31. The van der Waals surface area contributed by atoms with Crippen molar-refractivity contribution in [1.82, 2.24) is 4.90 Å². The molecule has 0 aliphatic carbocycles. The molecule has 3 aromatic carbocycles. The average molecular weight is 596 g/mol. The maximum atomic E-state index is 15.8. The van der Waals surface area contributed by atoms with Gasteiger partial charge >= 0.3 is 5.97 Å². The molecule has 1 fully saturated rings. The van der Waals surface area contributed by atoms with E-state index in [9.17, 15) is 20.0 Å². The quantitative estimate of drug-likeness (QED) is 0.335. The van der Waals surface area contributed by atoms with Gasteiger partial charge in [-0.2, -0.15) is 5.26 Å². The molecule has 10 heteroatoms. The number of halogens is 4. The minimum Gasteiger partial charge on any atom is -0.478 e. The minimum absolute atomic E-state index is 0.0186. The summed E-state index contributed by atoms with van der Waals surface area (Å²) in [5.41, 5.74) is -1.78. The van der Waals surface area contributed by atoms with Crippen LogP contribution in [0.15, 0.2) is 66.4 Å². The molecule has 2 heterocycles. The van der Waals surface area contributed by atoms with E-state index in [2.05, 4.69) is 6.07 Å². The summed E-state index contributed by atoms with van der Waals surface area (Å²) in [6.45, 7) is 5.87. The number of nitriles is 1. The van der Waals surface area contributed by atoms with Gasteiger partial charge in [-0.25, -0.2) is 13.6 Å². The molecule has 5 rings (SSSR count). The Morgan fingerprint density at radius 2 is 1.80 bits per heavy atom. The van der Waals surface area contributed by atoms with E-state index in [0.29, 0.717) is 12.1 Å². The SMILES string of the molecule is CC(C)(C)C[C@@H]1N2CN(c3ccc(C(=O)O)cc3)C(=O)C2=C(c2cccc(Cl)c2F)[C@@]1(C#N)c1ccc(Cl)cc1F. The van der Waals surface area contributed by atoms with Gasteiger partial charge in [-0.05, 0) is 54.3 Å². The predicted octanol–water partition coefficient (Wildman–Crippen LogP) is 7.27. The first-order valence-corrected chi connectivity index (χ1v) is 13.5. The number of carbonyl (C=O) groups excluding carboxylic acids is 1. The minimum atomic E-state index is -1.81. The third-order valence-electron chi connectivity index (χ3n) is 7.52. The van der Waals surface area contributed by atoms with Gasteiger partial charge in [0, 0.05) is 27.4 Å². The van der Waals surface area contributed by atoms with Crippen molar-refractivity contribution in [1.29, 1.82) is 5.26 Å². The molecule has 0 aromatic heterocycles. The topological polar surface area (TPSA) is 84.6 Å². The fourth-order valence-corrected chi connectivity index (χ4v) is 6.14. The summed E-state index contributed by atoms with van der Waals surface area (Å²) in [6, 6.07) is 15.6. The second-order valence-corrected chi connectivity index (χ2v) is 12.2. The van der Waals surface area contributed by atoms with Gasteiger partial charge in [0.1, 0.15) is 22.7 Å². The molecular weight excluding hydrogens is 571 g/mol. The van der Waals surface area contributed by atoms with Gasteiger partial charge in [0.25, 0.3) is 5.91 Å². The van der Waals surface area contributed by atoms with Crippen molar-refractivity contribution in [2.24, 2.45) is 5.41 Å². The van der Waals surface area contributed by atoms with E-state index in [1.165, 1.54) is 59.5 Å². The van der Waals surface area contributed by atoms with Gasteiger partial charge in [-0.15, -0.1) is 0 Å². The monoisotopic (exact) mass is 595 g/mol. The third-order valence-corrected chi connectivity index (χ3v) is 8.05. The van der Waals surface area contributed by atoms with Gasteiger partial charge in [0.2, 0.25) is 0 Å². The third kappa shape index (κ3) is 4.63. The number of anilines is 1. The molecule has 41 heavy (non-hydrogen) atoms. The van der Waals surface area contributed by atoms with E-state index in [4.69, 9.17) is 23.2 Å². The lowest BCUT2D eigenvalue weighted by molar-refractivity contribution is -0.114. The van der Waals surface area contributed by atoms with Crippen molar-refractivity contribution in [2.45, 2.75) is 38.6 Å². The van der Waals surface area contributed by atoms with Gasteiger partial charge < -0.3 is 10.0 Å². The Morgan fingerprint density at radius 3 is 2.39 bits per heavy atom. The van der Waals surface area contributed by atoms with E-state index < -0.39 is 40.4 Å². The van der Waals surface area contributed by atoms with Crippen molar-refractivity contribution < 1.29 is 23.5 Å². The standard InChI is InChI=1S/C31H25Cl2F2N3O3/c1-30(2,3)14-24-31(15-36,21-12-9-18(32)13-23(21)34)25(20-5-4-6-22(33)26(20)35)27-28(39)37(16-38(24)27)19-10-7-17(8-11-19)29(40)41/h4-13,24H,14,16H2,1-3H3,(H,40,41)/t24-,31-/m0/s1. The number of fused-ring (bicyclic) bond motifs is 1. The number of hydrogen-bond donors (Lipinski definition) is 1. The van der Waals surface area contributed by atoms with Crippen LogP contribution in [0.2, 0.25) is 10.0 Å². The molecule has 0 unspecified atom stereocenters. The summed E-state index contributed by atoms with van der Waals surface area (Å²) in [7, 11) is 0. The second kappa shape index (κ2) is 10.2. The van der Waals surface area contributed by atoms with Crippen molar-refractivity contribution in [3.05, 3.63) is 105 Å². The van der Waals surface area contributed by atoms with Crippen LogP contribution in [-0.4, -0.2) is 34.6 Å². The van der Waals surface area contributed by atoms with Crippen LogP contribution in [0.1, 0.15) is 48.7 Å². The molecule has 0 radical (unpaired) electrons. The second-order valence-electron chi connectivity index (χ2n) is 11.3. The van der Waals surface area contributed by atoms with Crippen LogP contribution in [0.5, 0.6) is 0 Å². The van der Waals surface area contributed by atoms with Gasteiger partial charge in [-0.3, -0.25) is 9.69 Å². The lowest BCUT2D eigenvalue weighted by atomic mass is 9.65. The molecule has 2 aliphatic rings. The highest BCUT2D eigenvalue weighted by Crippen LogP contribution is 2.57.